The maximum Gasteiger partial charge on any atom is 0.326 e. The number of aromatic nitrogens is 1. The Labute approximate surface area is 339 Å². The van der Waals surface area contributed by atoms with Crippen LogP contribution in [0.3, 0.4) is 0 Å². The molecule has 0 radical (unpaired) electrons. The number of hydrogen-bond donors (Lipinski definition) is 3. The number of carbonyl (C=O) groups excluding carboxylic acids is 3. The first kappa shape index (κ1) is 43.5. The van der Waals surface area contributed by atoms with Crippen LogP contribution in [0.25, 0.3) is 23.0 Å². The van der Waals surface area contributed by atoms with Crippen LogP contribution < -0.4 is 20.1 Å². The standard InChI is InChI=1S/C45H53FN4O8/c1-28(2)44(53)57-27-58-45(54)40-15-7-8-19-50(40)26-34-25-48-39(23-42(34)56-6)43(52)49-38-14-10-13-36(30(38)4)35-12-9-11-31(29(35)3)21-37(46)32-16-17-33(24-47-18-20-51)41(22-32)55-5/h9-14,16-17,21-23,25,28,40,47,51H,7-8,15,18-20,24,26-27H2,1-6H3,(H,49,52)/b37-21-/t40-/m0/s1. The Morgan fingerprint density at radius 3 is 2.40 bits per heavy atom. The van der Waals surface area contributed by atoms with Crippen molar-refractivity contribution in [3.63, 3.8) is 0 Å². The van der Waals surface area contributed by atoms with Gasteiger partial charge < -0.3 is 34.7 Å². The number of aliphatic hydroxyl groups is 1. The van der Waals surface area contributed by atoms with Gasteiger partial charge >= 0.3 is 11.9 Å². The Kier molecular flexibility index (Phi) is 15.5. The fourth-order valence-corrected chi connectivity index (χ4v) is 6.88. The van der Waals surface area contributed by atoms with Gasteiger partial charge in [-0.2, -0.15) is 0 Å². The monoisotopic (exact) mass is 796 g/mol. The van der Waals surface area contributed by atoms with Crippen LogP contribution in [0.1, 0.15) is 77.0 Å². The number of halogens is 1. The quantitative estimate of drug-likeness (QED) is 0.0430. The van der Waals surface area contributed by atoms with Crippen molar-refractivity contribution in [1.82, 2.24) is 15.2 Å². The highest BCUT2D eigenvalue weighted by Crippen LogP contribution is 2.35. The first-order chi connectivity index (χ1) is 27.9. The van der Waals surface area contributed by atoms with Gasteiger partial charge in [-0.15, -0.1) is 0 Å². The summed E-state index contributed by atoms with van der Waals surface area (Å²) >= 11 is 0. The number of likely N-dealkylation sites (tertiary alicyclic amines) is 1. The molecule has 5 rings (SSSR count). The number of nitrogens with one attached hydrogen (secondary N) is 2. The topological polar surface area (TPSA) is 149 Å². The third kappa shape index (κ3) is 10.9. The molecule has 1 aliphatic rings. The van der Waals surface area contributed by atoms with E-state index in [0.29, 0.717) is 66.5 Å². The number of aliphatic hydroxyl groups excluding tert-OH is 1. The van der Waals surface area contributed by atoms with Gasteiger partial charge in [0.15, 0.2) is 0 Å². The smallest absolute Gasteiger partial charge is 0.326 e. The third-order valence-electron chi connectivity index (χ3n) is 10.2. The Bertz CT molecular complexity index is 2120. The Hall–Kier alpha value is -5.63. The minimum absolute atomic E-state index is 0.0176. The molecule has 2 heterocycles. The van der Waals surface area contributed by atoms with Crippen molar-refractivity contribution in [3.8, 4) is 22.6 Å². The molecular formula is C45H53FN4O8. The number of esters is 2. The van der Waals surface area contributed by atoms with Gasteiger partial charge in [0.1, 0.15) is 29.1 Å². The Morgan fingerprint density at radius 2 is 1.67 bits per heavy atom. The molecule has 1 amide bonds. The van der Waals surface area contributed by atoms with Crippen LogP contribution in [0.4, 0.5) is 10.1 Å². The number of piperidine rings is 1. The average molecular weight is 797 g/mol. The summed E-state index contributed by atoms with van der Waals surface area (Å²) in [5.74, 6) is -1.08. The van der Waals surface area contributed by atoms with Gasteiger partial charge in [0, 0.05) is 54.3 Å². The van der Waals surface area contributed by atoms with Gasteiger partial charge in [0.05, 0.1) is 26.7 Å². The lowest BCUT2D eigenvalue weighted by Crippen LogP contribution is -2.45. The molecule has 0 saturated carbocycles. The zero-order valence-corrected chi connectivity index (χ0v) is 34.0. The minimum atomic E-state index is -0.526. The van der Waals surface area contributed by atoms with Crippen molar-refractivity contribution in [2.24, 2.45) is 5.92 Å². The second-order valence-corrected chi connectivity index (χ2v) is 14.4. The number of pyridine rings is 1. The number of ether oxygens (including phenoxy) is 4. The zero-order chi connectivity index (χ0) is 41.8. The number of hydrogen-bond acceptors (Lipinski definition) is 11. The molecule has 12 nitrogen and oxygen atoms in total. The molecule has 1 aromatic heterocycles. The molecule has 1 saturated heterocycles. The number of benzene rings is 3. The first-order valence-electron chi connectivity index (χ1n) is 19.4. The molecule has 3 aromatic carbocycles. The lowest BCUT2D eigenvalue weighted by molar-refractivity contribution is -0.173. The van der Waals surface area contributed by atoms with Crippen LogP contribution in [0.5, 0.6) is 11.5 Å². The lowest BCUT2D eigenvalue weighted by atomic mass is 9.92. The highest BCUT2D eigenvalue weighted by Gasteiger charge is 2.31. The minimum Gasteiger partial charge on any atom is -0.496 e. The van der Waals surface area contributed by atoms with Gasteiger partial charge in [0.2, 0.25) is 6.79 Å². The SMILES string of the molecule is COc1cc(/C(F)=C/c2cccc(-c3cccc(NC(=O)c4cc(OC)c(CN5CCCC[C@H]5C(=O)OCOC(=O)C(C)C)cn4)c3C)c2C)ccc1CNCCO. The summed E-state index contributed by atoms with van der Waals surface area (Å²) in [7, 11) is 3.06. The number of anilines is 1. The van der Waals surface area contributed by atoms with Gasteiger partial charge in [-0.05, 0) is 79.3 Å². The molecule has 0 aliphatic carbocycles. The molecule has 0 bridgehead atoms. The van der Waals surface area contributed by atoms with Crippen LogP contribution in [0.15, 0.2) is 66.9 Å². The second kappa shape index (κ2) is 20.7. The molecule has 58 heavy (non-hydrogen) atoms. The van der Waals surface area contributed by atoms with Crippen molar-refractivity contribution in [1.29, 1.82) is 0 Å². The molecule has 4 aromatic rings. The van der Waals surface area contributed by atoms with Crippen molar-refractivity contribution >= 4 is 35.4 Å². The van der Waals surface area contributed by atoms with E-state index in [4.69, 9.17) is 24.1 Å². The summed E-state index contributed by atoms with van der Waals surface area (Å²) in [5, 5.41) is 15.2. The fourth-order valence-electron chi connectivity index (χ4n) is 6.88. The molecule has 3 N–H and O–H groups in total. The predicted molar refractivity (Wildman–Crippen MR) is 221 cm³/mol. The number of nitrogens with zero attached hydrogens (tertiary/aromatic N) is 2. The van der Waals surface area contributed by atoms with Crippen molar-refractivity contribution in [3.05, 3.63) is 106 Å². The van der Waals surface area contributed by atoms with E-state index in [1.807, 2.05) is 61.2 Å². The summed E-state index contributed by atoms with van der Waals surface area (Å²) in [6.45, 7) is 8.76. The molecule has 0 spiro atoms. The van der Waals surface area contributed by atoms with E-state index in [-0.39, 0.29) is 18.2 Å². The highest BCUT2D eigenvalue weighted by atomic mass is 19.1. The second-order valence-electron chi connectivity index (χ2n) is 14.4. The van der Waals surface area contributed by atoms with Gasteiger partial charge in [-0.1, -0.05) is 62.7 Å². The van der Waals surface area contributed by atoms with E-state index in [1.54, 1.807) is 45.4 Å². The molecule has 13 heteroatoms. The van der Waals surface area contributed by atoms with E-state index in [9.17, 15) is 14.4 Å². The molecule has 0 unspecified atom stereocenters. The maximum atomic E-state index is 15.7. The Morgan fingerprint density at radius 1 is 0.948 bits per heavy atom. The van der Waals surface area contributed by atoms with Crippen LogP contribution in [-0.2, 0) is 32.2 Å². The number of methoxy groups -OCH3 is 2. The van der Waals surface area contributed by atoms with Crippen molar-refractivity contribution in [2.45, 2.75) is 66.1 Å². The summed E-state index contributed by atoms with van der Waals surface area (Å²) in [5.41, 5.74) is 6.82. The number of carbonyl (C=O) groups is 3. The van der Waals surface area contributed by atoms with Gasteiger partial charge in [0.25, 0.3) is 5.91 Å². The summed E-state index contributed by atoms with van der Waals surface area (Å²) in [6, 6.07) is 17.6. The summed E-state index contributed by atoms with van der Waals surface area (Å²) in [4.78, 5) is 44.8. The highest BCUT2D eigenvalue weighted by molar-refractivity contribution is 6.04. The summed E-state index contributed by atoms with van der Waals surface area (Å²) < 4.78 is 37.2. The molecular weight excluding hydrogens is 744 g/mol. The van der Waals surface area contributed by atoms with E-state index in [2.05, 4.69) is 15.6 Å². The van der Waals surface area contributed by atoms with E-state index < -0.39 is 36.5 Å². The predicted octanol–water partition coefficient (Wildman–Crippen LogP) is 7.24. The van der Waals surface area contributed by atoms with Crippen molar-refractivity contribution < 1.29 is 42.8 Å². The average Bonchev–Trinajstić information content (AvgIpc) is 3.22. The van der Waals surface area contributed by atoms with E-state index >= 15 is 4.39 Å². The molecule has 308 valence electrons. The van der Waals surface area contributed by atoms with Crippen LogP contribution in [0, 0.1) is 19.8 Å². The first-order valence-corrected chi connectivity index (χ1v) is 19.4. The normalized spacial score (nSPS) is 14.6. The number of rotatable bonds is 17. The van der Waals surface area contributed by atoms with Crippen molar-refractivity contribution in [2.75, 3.05) is 46.0 Å². The molecule has 1 atom stereocenters. The van der Waals surface area contributed by atoms with E-state index in [0.717, 1.165) is 40.7 Å². The number of amides is 1. The molecule has 1 aliphatic heterocycles. The fraction of sp³-hybridized carbons (Fsp3) is 0.378. The van der Waals surface area contributed by atoms with Crippen LogP contribution in [-0.4, -0.2) is 79.6 Å². The van der Waals surface area contributed by atoms with Crippen LogP contribution in [0.2, 0.25) is 0 Å². The summed E-state index contributed by atoms with van der Waals surface area (Å²) in [6.07, 6.45) is 5.44. The van der Waals surface area contributed by atoms with Crippen LogP contribution >= 0.6 is 0 Å². The zero-order valence-electron chi connectivity index (χ0n) is 34.0. The van der Waals surface area contributed by atoms with Gasteiger partial charge in [-0.3, -0.25) is 24.3 Å². The maximum absolute atomic E-state index is 15.7. The largest absolute Gasteiger partial charge is 0.496 e. The van der Waals surface area contributed by atoms with E-state index in [1.165, 1.54) is 13.2 Å². The molecule has 1 fully saturated rings. The third-order valence-corrected chi connectivity index (χ3v) is 10.2. The lowest BCUT2D eigenvalue weighted by Gasteiger charge is -2.34. The Balaban J connectivity index is 1.30. The van der Waals surface area contributed by atoms with Gasteiger partial charge in [-0.25, -0.2) is 4.39 Å².